The molecule has 0 saturated heterocycles. The molecule has 0 fully saturated rings. The molecule has 48 heteroatoms. The van der Waals surface area contributed by atoms with Crippen LogP contribution in [0.2, 0.25) is 0 Å². The fraction of sp³-hybridized carbons (Fsp3) is 0.366. The fourth-order valence-electron chi connectivity index (χ4n) is 14.3. The molecule has 0 spiro atoms. The number of nitrogens with zero attached hydrogens (tertiary/aromatic N) is 13. The number of fused-ring (bicyclic) bond motifs is 8. The third-order valence-corrected chi connectivity index (χ3v) is 26.4. The highest BCUT2D eigenvalue weighted by atomic mass is 33.1. The molecule has 0 aliphatic heterocycles. The largest absolute Gasteiger partial charge is 0.508 e. The molecule has 744 valence electrons. The monoisotopic (exact) mass is 2030 g/mol. The Morgan fingerprint density at radius 1 is 0.496 bits per heavy atom. The van der Waals surface area contributed by atoms with Gasteiger partial charge in [-0.05, 0) is 137 Å². The smallest absolute Gasteiger partial charge is 0.481 e. The second kappa shape index (κ2) is 50.9. The summed E-state index contributed by atoms with van der Waals surface area (Å²) < 4.78 is 26.3. The number of carbonyl (C=O) groups excluding carboxylic acids is 6. The number of hydrogen-bond donors (Lipinski definition) is 15. The van der Waals surface area contributed by atoms with Crippen molar-refractivity contribution >= 4 is 216 Å². The molecule has 0 aliphatic carbocycles. The Hall–Kier alpha value is -14.5. The Kier molecular flexibility index (Phi) is 38.6. The number of hydrogen-bond acceptors (Lipinski definition) is 38. The van der Waals surface area contributed by atoms with Crippen LogP contribution in [0.3, 0.4) is 0 Å². The number of imidazole rings is 2. The summed E-state index contributed by atoms with van der Waals surface area (Å²) in [6.07, 6.45) is 6.95. The summed E-state index contributed by atoms with van der Waals surface area (Å²) in [5.41, 5.74) is 28.1. The number of nitrogens with two attached hydrogens (primary N) is 4. The molecule has 141 heavy (non-hydrogen) atoms. The quantitative estimate of drug-likeness (QED) is 0.00729. The third-order valence-electron chi connectivity index (χ3n) is 21.3. The lowest BCUT2D eigenvalue weighted by molar-refractivity contribution is -0.143. The van der Waals surface area contributed by atoms with Crippen molar-refractivity contribution in [3.8, 4) is 0 Å². The number of nitrogen functional groups attached to an aromatic ring is 4. The molecule has 43 nitrogen and oxygen atoms in total. The van der Waals surface area contributed by atoms with E-state index in [-0.39, 0.29) is 128 Å². The van der Waals surface area contributed by atoms with Crippen LogP contribution in [0.25, 0.3) is 66.2 Å². The van der Waals surface area contributed by atoms with Crippen molar-refractivity contribution in [1.29, 1.82) is 0 Å². The van der Waals surface area contributed by atoms with Crippen LogP contribution < -0.4 is 55.3 Å². The number of carbonyl (C=O) groups is 10. The van der Waals surface area contributed by atoms with Crippen LogP contribution in [0.1, 0.15) is 150 Å². The van der Waals surface area contributed by atoms with Crippen LogP contribution in [-0.2, 0) is 86.7 Å². The van der Waals surface area contributed by atoms with Crippen LogP contribution >= 0.6 is 55.8 Å². The van der Waals surface area contributed by atoms with Gasteiger partial charge in [0.15, 0.2) is 34.0 Å². The Morgan fingerprint density at radius 2 is 0.922 bits per heavy atom. The average Bonchev–Trinajstić information content (AvgIpc) is 1.60. The van der Waals surface area contributed by atoms with Crippen LogP contribution in [-0.4, -0.2) is 213 Å². The summed E-state index contributed by atoms with van der Waals surface area (Å²) in [6.45, 7) is 12.9. The van der Waals surface area contributed by atoms with Gasteiger partial charge in [-0.15, -0.1) is 0 Å². The summed E-state index contributed by atoms with van der Waals surface area (Å²) in [5, 5.41) is 51.8. The molecule has 9 heterocycles. The van der Waals surface area contributed by atoms with Crippen molar-refractivity contribution in [2.45, 2.75) is 173 Å². The number of carboxylic acid groups (broad SMARTS) is 4. The first kappa shape index (κ1) is 107. The number of ketones is 2. The maximum Gasteiger partial charge on any atom is 0.508 e. The predicted octanol–water partition coefficient (Wildman–Crippen LogP) is 12.1. The molecule has 9 aromatic heterocycles. The topological polar surface area (TPSA) is 658 Å². The number of anilines is 6. The lowest BCUT2D eigenvalue weighted by Crippen LogP contribution is -2.41. The Bertz CT molecular complexity index is 6800. The highest BCUT2D eigenvalue weighted by molar-refractivity contribution is 8.77. The molecular formula is C93H107N23O20S5. The number of aryl methyl sites for hydroxylation is 2. The molecule has 13 rings (SSSR count). The predicted molar refractivity (Wildman–Crippen MR) is 540 cm³/mol. The summed E-state index contributed by atoms with van der Waals surface area (Å²) in [4.78, 5) is 199. The summed E-state index contributed by atoms with van der Waals surface area (Å²) in [6, 6.07) is 30.8. The minimum atomic E-state index is -1.41. The number of unbranched alkanes of at least 4 members (excludes halogenated alkanes) is 2. The van der Waals surface area contributed by atoms with Gasteiger partial charge >= 0.3 is 36.2 Å². The number of benzene rings is 4. The number of aromatic amines is 2. The normalized spacial score (nSPS) is 12.3. The molecule has 18 N–H and O–H groups in total. The standard InChI is InChI=1S/C44H51N11O10S2.C26H31N5O3S2.C23H25N7O7S/c1-4-5-10-32-52-33-35(29-8-6-7-9-30(29)50-36(33)45)55(32)23-44(2,3)65-43(63)64-17-18-66-67-22-25(40(59)60)19-28(56)15-16-31(41(61)62)51-38(57)24-11-13-26(14-12-24)47-20-27-21-48-37-34(49-27)39(58)54-42(46)53-37;1-4-5-12-20-30-22-23(18-10-6-7-11-19(18)29-24(22)27)31(20)17-26(2,3)34-25(32)33-15-16-35-36-21-13-8-9-14-28-21;24-23-29-18-17(20(33)30-23)27-14(9-26-18)8-25-13-3-1-11(2-4-13)19(32)28-16(22(36)37)6-5-15(31)7-12(10-38)21(34)35/h6-9,11-14,21,25,31,47H,4-5,10,15-20,22-23H2,1-3H3,(H2,45,50)(H,51,57)(H,59,60)(H,61,62)(H3,46,48,53,54,58);6-11,13-14H,4-5,12,15-17H2,1-3H3,(H2,27,29);1-4,9,12,16,25,38H,5-8,10H2,(H,28,32)(H,34,35)(H,36,37)(H3,24,26,29,30,33). The number of carboxylic acids is 4. The second-order valence-electron chi connectivity index (χ2n) is 33.3. The van der Waals surface area contributed by atoms with E-state index in [1.54, 1.807) is 65.9 Å². The van der Waals surface area contributed by atoms with Crippen molar-refractivity contribution in [3.05, 3.63) is 189 Å². The lowest BCUT2D eigenvalue weighted by Gasteiger charge is -2.26. The highest BCUT2D eigenvalue weighted by Crippen LogP contribution is 2.36. The van der Waals surface area contributed by atoms with Crippen LogP contribution in [0.15, 0.2) is 148 Å². The van der Waals surface area contributed by atoms with Crippen LogP contribution in [0.4, 0.5) is 44.5 Å². The van der Waals surface area contributed by atoms with E-state index in [1.807, 2.05) is 85.1 Å². The SMILES string of the molecule is CCCCc1nc2c(N)nc3ccccc3c2n1CC(C)(C)OC(=O)OCCSSCC(CC(=O)CCC(NC(=O)c1ccc(NCc2cnc3nc(N)[nH]c(=O)c3n2)cc1)C(=O)O)C(=O)O.CCCCc1nc2c(N)nc3ccccc3c2n1CC(C)(C)OC(=O)OCCSSc1ccccn1.Nc1nc2ncc(CNc3ccc(C(=O)NC(CCC(=O)CC(CS)C(=O)O)C(=O)O)cc3)nc2c(=O)[nH]1. The number of aromatic nitrogens is 15. The maximum atomic E-state index is 12.9. The summed E-state index contributed by atoms with van der Waals surface area (Å²) in [5.74, 6) is -6.00. The van der Waals surface area contributed by atoms with Crippen molar-refractivity contribution < 1.29 is 87.3 Å². The fourth-order valence-corrected chi connectivity index (χ4v) is 18.5. The van der Waals surface area contributed by atoms with Crippen molar-refractivity contribution in [3.63, 3.8) is 0 Å². The number of Topliss-reactive ketones (excluding diaryl/α,β-unsaturated/α-hetero) is 2. The zero-order chi connectivity index (χ0) is 102. The molecule has 0 radical (unpaired) electrons. The van der Waals surface area contributed by atoms with E-state index in [2.05, 4.69) is 107 Å². The molecule has 4 atom stereocenters. The van der Waals surface area contributed by atoms with Crippen molar-refractivity contribution in [2.75, 3.05) is 69.8 Å². The molecule has 13 aromatic rings. The van der Waals surface area contributed by atoms with Gasteiger partial charge < -0.3 is 92.7 Å². The second-order valence-corrected chi connectivity index (χ2v) is 38.8. The molecule has 4 aromatic carbocycles. The molecule has 0 saturated carbocycles. The number of amides is 2. The number of pyridine rings is 3. The van der Waals surface area contributed by atoms with Gasteiger partial charge in [0, 0.05) is 101 Å². The first-order valence-corrected chi connectivity index (χ1v) is 50.0. The first-order valence-electron chi connectivity index (χ1n) is 44.6. The number of para-hydroxylation sites is 2. The maximum absolute atomic E-state index is 12.9. The van der Waals surface area contributed by atoms with E-state index in [0.29, 0.717) is 69.9 Å². The number of thiol groups is 1. The van der Waals surface area contributed by atoms with Gasteiger partial charge in [-0.2, -0.15) is 22.6 Å². The zero-order valence-electron chi connectivity index (χ0n) is 77.6. The van der Waals surface area contributed by atoms with E-state index in [4.69, 9.17) is 57.0 Å². The Labute approximate surface area is 826 Å². The van der Waals surface area contributed by atoms with E-state index in [9.17, 15) is 72.9 Å². The van der Waals surface area contributed by atoms with E-state index >= 15 is 0 Å². The van der Waals surface area contributed by atoms with E-state index in [1.165, 1.54) is 58.2 Å². The van der Waals surface area contributed by atoms with Gasteiger partial charge in [0.1, 0.15) is 75.8 Å². The highest BCUT2D eigenvalue weighted by Gasteiger charge is 2.33. The lowest BCUT2D eigenvalue weighted by atomic mass is 10.00. The summed E-state index contributed by atoms with van der Waals surface area (Å²) >= 11 is 3.90. The number of ether oxygens (including phenoxy) is 4. The minimum Gasteiger partial charge on any atom is -0.481 e. The van der Waals surface area contributed by atoms with Gasteiger partial charge in [-0.3, -0.25) is 48.3 Å². The first-order chi connectivity index (χ1) is 67.5. The minimum absolute atomic E-state index is 0.0178. The number of nitrogens with one attached hydrogen (secondary N) is 6. The van der Waals surface area contributed by atoms with Gasteiger partial charge in [0.2, 0.25) is 11.9 Å². The number of aliphatic carboxylic acids is 4. The molecular weight excluding hydrogens is 1920 g/mol. The molecule has 4 unspecified atom stereocenters. The average molecular weight is 2030 g/mol. The Balaban J connectivity index is 0.000000218. The van der Waals surface area contributed by atoms with Crippen LogP contribution in [0.5, 0.6) is 0 Å². The zero-order valence-corrected chi connectivity index (χ0v) is 81.8. The van der Waals surface area contributed by atoms with Gasteiger partial charge in [-0.25, -0.2) is 64.0 Å². The molecule has 0 bridgehead atoms. The number of rotatable bonds is 48. The van der Waals surface area contributed by atoms with Gasteiger partial charge in [0.25, 0.3) is 22.9 Å². The number of H-pyrrole nitrogens is 2. The third kappa shape index (κ3) is 31.0. The van der Waals surface area contributed by atoms with E-state index < -0.39 is 106 Å². The Morgan fingerprint density at radius 3 is 1.33 bits per heavy atom. The van der Waals surface area contributed by atoms with Gasteiger partial charge in [0.05, 0.1) is 83.9 Å². The van der Waals surface area contributed by atoms with Crippen LogP contribution in [0, 0.1) is 11.8 Å². The summed E-state index contributed by atoms with van der Waals surface area (Å²) in [7, 11) is 5.58. The molecule has 2 amide bonds. The molecule has 0 aliphatic rings. The van der Waals surface area contributed by atoms with Crippen molar-refractivity contribution in [2.24, 2.45) is 11.8 Å². The van der Waals surface area contributed by atoms with E-state index in [0.717, 1.165) is 81.6 Å². The van der Waals surface area contributed by atoms with Gasteiger partial charge in [-0.1, -0.05) is 102 Å². The van der Waals surface area contributed by atoms with Crippen molar-refractivity contribution in [1.82, 2.24) is 84.6 Å².